The number of anilines is 1. The van der Waals surface area contributed by atoms with Crippen LogP contribution in [0.2, 0.25) is 0 Å². The van der Waals surface area contributed by atoms with E-state index in [1.807, 2.05) is 26.1 Å². The van der Waals surface area contributed by atoms with Crippen molar-refractivity contribution in [3.05, 3.63) is 29.3 Å². The van der Waals surface area contributed by atoms with E-state index >= 15 is 0 Å². The molecule has 23 heavy (non-hydrogen) atoms. The van der Waals surface area contributed by atoms with Gasteiger partial charge in [-0.1, -0.05) is 13.0 Å². The molecule has 3 atom stereocenters. The lowest BCUT2D eigenvalue weighted by Crippen LogP contribution is -2.48. The molecule has 0 spiro atoms. The van der Waals surface area contributed by atoms with Gasteiger partial charge in [0.1, 0.15) is 0 Å². The summed E-state index contributed by atoms with van der Waals surface area (Å²) in [6, 6.07) is 6.21. The van der Waals surface area contributed by atoms with Gasteiger partial charge in [0.15, 0.2) is 0 Å². The van der Waals surface area contributed by atoms with Crippen LogP contribution in [0.15, 0.2) is 23.3 Å². The Morgan fingerprint density at radius 3 is 2.52 bits per heavy atom. The number of hydrogen-bond acceptors (Lipinski definition) is 3. The Bertz CT molecular complexity index is 740. The molecule has 1 aromatic rings. The Kier molecular flexibility index (Phi) is 3.08. The van der Waals surface area contributed by atoms with Gasteiger partial charge in [-0.05, 0) is 42.5 Å². The predicted molar refractivity (Wildman–Crippen MR) is 88.2 cm³/mol. The van der Waals surface area contributed by atoms with E-state index in [-0.39, 0.29) is 29.6 Å². The van der Waals surface area contributed by atoms with E-state index in [1.54, 1.807) is 11.9 Å². The maximum atomic E-state index is 12.1. The Balaban J connectivity index is 1.74. The van der Waals surface area contributed by atoms with Crippen LogP contribution in [-0.4, -0.2) is 36.6 Å². The van der Waals surface area contributed by atoms with E-state index in [0.29, 0.717) is 0 Å². The highest BCUT2D eigenvalue weighted by atomic mass is 16.2. The van der Waals surface area contributed by atoms with Crippen LogP contribution in [0.1, 0.15) is 30.9 Å². The molecule has 3 aliphatic rings. The van der Waals surface area contributed by atoms with Gasteiger partial charge >= 0.3 is 0 Å². The third-order valence-electron chi connectivity index (χ3n) is 5.53. The van der Waals surface area contributed by atoms with Crippen LogP contribution in [-0.2, 0) is 16.0 Å². The molecule has 5 nitrogen and oxygen atoms in total. The van der Waals surface area contributed by atoms with E-state index in [2.05, 4.69) is 11.2 Å². The number of hydrogen-bond donors (Lipinski definition) is 0. The zero-order valence-corrected chi connectivity index (χ0v) is 13.7. The molecular formula is C18H21N3O2. The Morgan fingerprint density at radius 1 is 1.09 bits per heavy atom. The fourth-order valence-corrected chi connectivity index (χ4v) is 4.02. The monoisotopic (exact) mass is 311 g/mol. The second-order valence-corrected chi connectivity index (χ2v) is 6.98. The number of amides is 2. The lowest BCUT2D eigenvalue weighted by Gasteiger charge is -2.41. The first-order valence-electron chi connectivity index (χ1n) is 8.24. The number of fused-ring (bicyclic) bond motifs is 2. The molecule has 4 rings (SSSR count). The smallest absolute Gasteiger partial charge is 0.246 e. The normalized spacial score (nSPS) is 29.7. The highest BCUT2D eigenvalue weighted by Gasteiger charge is 2.45. The first-order valence-corrected chi connectivity index (χ1v) is 8.24. The topological polar surface area (TPSA) is 53.0 Å². The van der Waals surface area contributed by atoms with Crippen LogP contribution in [0.25, 0.3) is 0 Å². The summed E-state index contributed by atoms with van der Waals surface area (Å²) in [7, 11) is 3.58. The molecular weight excluding hydrogens is 290 g/mol. The molecule has 0 bridgehead atoms. The number of hydrazone groups is 1. The minimum atomic E-state index is 0.0109. The summed E-state index contributed by atoms with van der Waals surface area (Å²) in [5.74, 6) is 0.687. The summed E-state index contributed by atoms with van der Waals surface area (Å²) in [6.45, 7) is 1.97. The van der Waals surface area contributed by atoms with Crippen LogP contribution in [0.3, 0.4) is 0 Å². The van der Waals surface area contributed by atoms with E-state index in [4.69, 9.17) is 0 Å². The molecule has 1 saturated carbocycles. The molecule has 1 aromatic carbocycles. The molecule has 3 unspecified atom stereocenters. The Hall–Kier alpha value is -2.17. The summed E-state index contributed by atoms with van der Waals surface area (Å²) in [6.07, 6.45) is 2.77. The summed E-state index contributed by atoms with van der Waals surface area (Å²) in [5.41, 5.74) is 4.30. The quantitative estimate of drug-likeness (QED) is 0.797. The lowest BCUT2D eigenvalue weighted by atomic mass is 9.68. The number of carbonyl (C=O) groups excluding carboxylic acids is 2. The van der Waals surface area contributed by atoms with Crippen LogP contribution >= 0.6 is 0 Å². The molecule has 120 valence electrons. The third kappa shape index (κ3) is 2.02. The van der Waals surface area contributed by atoms with Gasteiger partial charge in [0, 0.05) is 37.5 Å². The molecule has 2 aliphatic heterocycles. The van der Waals surface area contributed by atoms with Crippen molar-refractivity contribution in [3.8, 4) is 0 Å². The number of rotatable bonds is 1. The van der Waals surface area contributed by atoms with Crippen LogP contribution < -0.4 is 4.90 Å². The van der Waals surface area contributed by atoms with Crippen molar-refractivity contribution in [2.24, 2.45) is 22.9 Å². The zero-order chi connectivity index (χ0) is 16.3. The first-order chi connectivity index (χ1) is 11.0. The van der Waals surface area contributed by atoms with Crippen molar-refractivity contribution in [1.29, 1.82) is 0 Å². The van der Waals surface area contributed by atoms with Gasteiger partial charge in [-0.15, -0.1) is 0 Å². The minimum Gasteiger partial charge on any atom is -0.315 e. The van der Waals surface area contributed by atoms with E-state index in [9.17, 15) is 9.59 Å². The molecule has 1 aliphatic carbocycles. The van der Waals surface area contributed by atoms with Crippen molar-refractivity contribution in [1.82, 2.24) is 5.01 Å². The number of nitrogens with zero attached hydrogens (tertiary/aromatic N) is 3. The van der Waals surface area contributed by atoms with Crippen LogP contribution in [0.5, 0.6) is 0 Å². The molecule has 0 radical (unpaired) electrons. The van der Waals surface area contributed by atoms with Crippen molar-refractivity contribution >= 4 is 23.2 Å². The lowest BCUT2D eigenvalue weighted by molar-refractivity contribution is -0.139. The van der Waals surface area contributed by atoms with Gasteiger partial charge in [-0.25, -0.2) is 5.01 Å². The van der Waals surface area contributed by atoms with E-state index in [1.165, 1.54) is 10.6 Å². The van der Waals surface area contributed by atoms with E-state index in [0.717, 1.165) is 36.2 Å². The summed E-state index contributed by atoms with van der Waals surface area (Å²) >= 11 is 0. The zero-order valence-electron chi connectivity index (χ0n) is 13.7. The summed E-state index contributed by atoms with van der Waals surface area (Å²) < 4.78 is 0. The van der Waals surface area contributed by atoms with Gasteiger partial charge in [0.25, 0.3) is 0 Å². The summed E-state index contributed by atoms with van der Waals surface area (Å²) in [4.78, 5) is 26.0. The fourth-order valence-electron chi connectivity index (χ4n) is 4.02. The van der Waals surface area contributed by atoms with Crippen molar-refractivity contribution in [2.45, 2.75) is 26.2 Å². The number of benzene rings is 1. The maximum absolute atomic E-state index is 12.1. The van der Waals surface area contributed by atoms with Crippen molar-refractivity contribution < 1.29 is 9.59 Å². The average Bonchev–Trinajstić information content (AvgIpc) is 2.49. The molecule has 0 saturated heterocycles. The standard InChI is InChI=1S/C18H21N3O2/c1-10-8-12-9-11(4-7-15(12)20(2)17(10)22)16-13-5-6-14(13)18(23)21(3)19-16/h4,7,9-10,13-14H,5-6,8H2,1-3H3. The fraction of sp³-hybridized carbons (Fsp3) is 0.500. The largest absolute Gasteiger partial charge is 0.315 e. The first kappa shape index (κ1) is 14.4. The minimum absolute atomic E-state index is 0.0109. The maximum Gasteiger partial charge on any atom is 0.246 e. The second kappa shape index (κ2) is 4.91. The Morgan fingerprint density at radius 2 is 1.83 bits per heavy atom. The van der Waals surface area contributed by atoms with E-state index < -0.39 is 0 Å². The SMILES string of the molecule is CC1Cc2cc(C3=NN(C)C(=O)C4CCC34)ccc2N(C)C1=O. The second-order valence-electron chi connectivity index (χ2n) is 6.98. The molecule has 2 amide bonds. The van der Waals surface area contributed by atoms with Crippen LogP contribution in [0.4, 0.5) is 5.69 Å². The highest BCUT2D eigenvalue weighted by molar-refractivity contribution is 6.08. The van der Waals surface area contributed by atoms with Gasteiger partial charge in [0.05, 0.1) is 5.71 Å². The number of carbonyl (C=O) groups is 2. The molecule has 5 heteroatoms. The van der Waals surface area contributed by atoms with Crippen molar-refractivity contribution in [2.75, 3.05) is 19.0 Å². The summed E-state index contributed by atoms with van der Waals surface area (Å²) in [5, 5.41) is 6.03. The predicted octanol–water partition coefficient (Wildman–Crippen LogP) is 2.04. The van der Waals surface area contributed by atoms with Gasteiger partial charge in [-0.2, -0.15) is 5.10 Å². The average molecular weight is 311 g/mol. The van der Waals surface area contributed by atoms with Gasteiger partial charge in [0.2, 0.25) is 11.8 Å². The van der Waals surface area contributed by atoms with Gasteiger partial charge < -0.3 is 4.90 Å². The Labute approximate surface area is 136 Å². The molecule has 2 heterocycles. The van der Waals surface area contributed by atoms with Crippen molar-refractivity contribution in [3.63, 3.8) is 0 Å². The van der Waals surface area contributed by atoms with Gasteiger partial charge in [-0.3, -0.25) is 9.59 Å². The highest BCUT2D eigenvalue weighted by Crippen LogP contribution is 2.42. The molecule has 1 fully saturated rings. The molecule has 0 aromatic heterocycles. The third-order valence-corrected chi connectivity index (χ3v) is 5.53. The molecule has 0 N–H and O–H groups in total. The van der Waals surface area contributed by atoms with Crippen LogP contribution in [0, 0.1) is 17.8 Å².